The average Bonchev–Trinajstić information content (AvgIpc) is 2.39. The average molecular weight is 270 g/mol. The molecule has 0 radical (unpaired) electrons. The summed E-state index contributed by atoms with van der Waals surface area (Å²) < 4.78 is 5.40. The number of nitrogens with one attached hydrogen (secondary N) is 1. The Labute approximate surface area is 107 Å². The van der Waals surface area contributed by atoms with Crippen LogP contribution in [0.4, 0.5) is 0 Å². The fraction of sp³-hybridized carbons (Fsp3) is 0.364. The van der Waals surface area contributed by atoms with Gasteiger partial charge in [-0.3, -0.25) is 14.3 Å². The number of methoxy groups -OCH3 is 1. The minimum atomic E-state index is -1.12. The fourth-order valence-corrected chi connectivity index (χ4v) is 1.29. The number of esters is 1. The molecule has 0 aliphatic carbocycles. The van der Waals surface area contributed by atoms with Gasteiger partial charge in [0.15, 0.2) is 0 Å². The number of carbonyl (C=O) groups is 1. The molecule has 1 unspecified atom stereocenters. The van der Waals surface area contributed by atoms with Crippen LogP contribution in [0.3, 0.4) is 0 Å². The highest BCUT2D eigenvalue weighted by Gasteiger charge is 2.07. The lowest BCUT2D eigenvalue weighted by Crippen LogP contribution is -2.34. The third-order valence-electron chi connectivity index (χ3n) is 2.26. The number of H-pyrrole nitrogens is 1. The van der Waals surface area contributed by atoms with Crippen molar-refractivity contribution in [1.29, 1.82) is 0 Å². The number of rotatable bonds is 5. The maximum absolute atomic E-state index is 11.5. The molecule has 0 aromatic carbocycles. The quantitative estimate of drug-likeness (QED) is 0.423. The number of aliphatic hydroxyl groups excluding tert-OH is 2. The molecule has 0 bridgehead atoms. The first-order chi connectivity index (χ1) is 8.97. The van der Waals surface area contributed by atoms with Crippen molar-refractivity contribution in [3.8, 4) is 0 Å². The summed E-state index contributed by atoms with van der Waals surface area (Å²) in [5.41, 5.74) is -1.33. The number of hydrogen-bond acceptors (Lipinski definition) is 6. The van der Waals surface area contributed by atoms with E-state index in [0.717, 1.165) is 10.6 Å². The van der Waals surface area contributed by atoms with Gasteiger partial charge in [0, 0.05) is 12.3 Å². The Balaban J connectivity index is 3.10. The molecule has 1 heterocycles. The molecule has 1 aromatic rings. The molecule has 1 aromatic heterocycles. The molecule has 0 spiro atoms. The summed E-state index contributed by atoms with van der Waals surface area (Å²) in [5, 5.41) is 18.0. The summed E-state index contributed by atoms with van der Waals surface area (Å²) in [6, 6.07) is 0. The third-order valence-corrected chi connectivity index (χ3v) is 2.26. The van der Waals surface area contributed by atoms with Crippen LogP contribution in [0.15, 0.2) is 21.9 Å². The van der Waals surface area contributed by atoms with E-state index in [1.165, 1.54) is 19.4 Å². The Morgan fingerprint density at radius 2 is 2.26 bits per heavy atom. The molecule has 0 saturated carbocycles. The van der Waals surface area contributed by atoms with Crippen molar-refractivity contribution in [1.82, 2.24) is 9.55 Å². The third kappa shape index (κ3) is 4.19. The summed E-state index contributed by atoms with van der Waals surface area (Å²) in [6.07, 6.45) is 2.27. The number of aliphatic hydroxyl groups is 2. The zero-order valence-corrected chi connectivity index (χ0v) is 10.2. The second-order valence-electron chi connectivity index (χ2n) is 3.69. The second kappa shape index (κ2) is 6.66. The lowest BCUT2D eigenvalue weighted by molar-refractivity contribution is -0.134. The van der Waals surface area contributed by atoms with Gasteiger partial charge in [0.1, 0.15) is 0 Å². The predicted molar refractivity (Wildman–Crippen MR) is 65.5 cm³/mol. The molecule has 0 amide bonds. The van der Waals surface area contributed by atoms with Gasteiger partial charge in [-0.1, -0.05) is 0 Å². The van der Waals surface area contributed by atoms with E-state index in [9.17, 15) is 19.5 Å². The van der Waals surface area contributed by atoms with E-state index in [2.05, 4.69) is 4.74 Å². The van der Waals surface area contributed by atoms with Gasteiger partial charge in [-0.25, -0.2) is 9.59 Å². The van der Waals surface area contributed by atoms with E-state index in [1.54, 1.807) is 0 Å². The number of aromatic amines is 1. The van der Waals surface area contributed by atoms with Crippen LogP contribution in [0.2, 0.25) is 0 Å². The van der Waals surface area contributed by atoms with Crippen LogP contribution in [0.1, 0.15) is 5.56 Å². The van der Waals surface area contributed by atoms with E-state index in [0.29, 0.717) is 0 Å². The second-order valence-corrected chi connectivity index (χ2v) is 3.69. The van der Waals surface area contributed by atoms with Crippen molar-refractivity contribution < 1.29 is 19.7 Å². The van der Waals surface area contributed by atoms with Crippen molar-refractivity contribution in [2.45, 2.75) is 12.6 Å². The predicted octanol–water partition coefficient (Wildman–Crippen LogP) is -1.92. The monoisotopic (exact) mass is 270 g/mol. The molecule has 0 fully saturated rings. The molecular formula is C11H14N2O6. The molecule has 1 rings (SSSR count). The number of ether oxygens (including phenoxy) is 1. The highest BCUT2D eigenvalue weighted by atomic mass is 16.5. The molecule has 8 heteroatoms. The zero-order chi connectivity index (χ0) is 14.4. The first-order valence-electron chi connectivity index (χ1n) is 5.36. The van der Waals surface area contributed by atoms with Crippen LogP contribution < -0.4 is 11.2 Å². The Hall–Kier alpha value is -2.19. The molecule has 0 saturated heterocycles. The largest absolute Gasteiger partial charge is 0.466 e. The maximum Gasteiger partial charge on any atom is 0.330 e. The summed E-state index contributed by atoms with van der Waals surface area (Å²) in [4.78, 5) is 35.8. The van der Waals surface area contributed by atoms with Crippen molar-refractivity contribution in [3.05, 3.63) is 38.7 Å². The lowest BCUT2D eigenvalue weighted by Gasteiger charge is -2.09. The standard InChI is InChI=1S/C11H14N2O6/c1-19-9(16)3-2-7-4-13(5-8(15)6-14)11(18)12-10(7)17/h2-4,8,14-15H,5-6H2,1H3,(H,12,17,18)/b3-2+. The van der Waals surface area contributed by atoms with Gasteiger partial charge in [0.05, 0.1) is 31.9 Å². The van der Waals surface area contributed by atoms with Crippen molar-refractivity contribution in [2.24, 2.45) is 0 Å². The van der Waals surface area contributed by atoms with Crippen molar-refractivity contribution in [3.63, 3.8) is 0 Å². The number of aromatic nitrogens is 2. The van der Waals surface area contributed by atoms with Crippen LogP contribution >= 0.6 is 0 Å². The smallest absolute Gasteiger partial charge is 0.330 e. The van der Waals surface area contributed by atoms with E-state index >= 15 is 0 Å². The van der Waals surface area contributed by atoms with Crippen molar-refractivity contribution in [2.75, 3.05) is 13.7 Å². The van der Waals surface area contributed by atoms with Crippen LogP contribution in [-0.4, -0.2) is 45.6 Å². The zero-order valence-electron chi connectivity index (χ0n) is 10.2. The Kier molecular flexibility index (Phi) is 5.22. The Morgan fingerprint density at radius 1 is 1.58 bits per heavy atom. The maximum atomic E-state index is 11.5. The molecule has 0 aliphatic heterocycles. The van der Waals surface area contributed by atoms with Crippen LogP contribution in [-0.2, 0) is 16.1 Å². The number of hydrogen-bond donors (Lipinski definition) is 3. The fourth-order valence-electron chi connectivity index (χ4n) is 1.29. The van der Waals surface area contributed by atoms with Gasteiger partial charge in [-0.05, 0) is 6.08 Å². The molecule has 8 nitrogen and oxygen atoms in total. The van der Waals surface area contributed by atoms with E-state index in [-0.39, 0.29) is 12.1 Å². The van der Waals surface area contributed by atoms with E-state index in [1.807, 2.05) is 4.98 Å². The van der Waals surface area contributed by atoms with Crippen LogP contribution in [0, 0.1) is 0 Å². The minimum absolute atomic E-state index is 0.0511. The number of carbonyl (C=O) groups excluding carboxylic acids is 1. The lowest BCUT2D eigenvalue weighted by atomic mass is 10.3. The van der Waals surface area contributed by atoms with E-state index in [4.69, 9.17) is 5.11 Å². The summed E-state index contributed by atoms with van der Waals surface area (Å²) in [6.45, 7) is -0.690. The Bertz CT molecular complexity index is 586. The topological polar surface area (TPSA) is 122 Å². The highest BCUT2D eigenvalue weighted by Crippen LogP contribution is 1.95. The number of nitrogens with zero attached hydrogens (tertiary/aromatic N) is 1. The van der Waals surface area contributed by atoms with Crippen LogP contribution in [0.25, 0.3) is 6.08 Å². The van der Waals surface area contributed by atoms with Gasteiger partial charge in [-0.15, -0.1) is 0 Å². The first-order valence-corrected chi connectivity index (χ1v) is 5.36. The summed E-state index contributed by atoms with van der Waals surface area (Å²) in [5.74, 6) is -0.646. The van der Waals surface area contributed by atoms with Gasteiger partial charge < -0.3 is 14.9 Å². The normalized spacial score (nSPS) is 12.6. The first kappa shape index (κ1) is 14.9. The molecular weight excluding hydrogens is 256 g/mol. The minimum Gasteiger partial charge on any atom is -0.466 e. The van der Waals surface area contributed by atoms with Gasteiger partial charge in [0.25, 0.3) is 5.56 Å². The molecule has 3 N–H and O–H groups in total. The van der Waals surface area contributed by atoms with Crippen molar-refractivity contribution >= 4 is 12.0 Å². The summed E-state index contributed by atoms with van der Waals surface area (Å²) >= 11 is 0. The SMILES string of the molecule is COC(=O)/C=C/c1cn(CC(O)CO)c(=O)[nH]c1=O. The molecule has 104 valence electrons. The van der Waals surface area contributed by atoms with Crippen LogP contribution in [0.5, 0.6) is 0 Å². The molecule has 19 heavy (non-hydrogen) atoms. The molecule has 0 aliphatic rings. The van der Waals surface area contributed by atoms with Gasteiger partial charge in [-0.2, -0.15) is 0 Å². The van der Waals surface area contributed by atoms with Gasteiger partial charge in [0.2, 0.25) is 0 Å². The Morgan fingerprint density at radius 3 is 2.84 bits per heavy atom. The summed E-state index contributed by atoms with van der Waals surface area (Å²) in [7, 11) is 1.19. The molecule has 1 atom stereocenters. The highest BCUT2D eigenvalue weighted by molar-refractivity contribution is 5.86. The van der Waals surface area contributed by atoms with Gasteiger partial charge >= 0.3 is 11.7 Å². The van der Waals surface area contributed by atoms with E-state index < -0.39 is 29.9 Å².